The number of aromatic nitrogens is 1. The second-order valence-corrected chi connectivity index (χ2v) is 22.5. The quantitative estimate of drug-likeness (QED) is 0.146. The minimum atomic E-state index is -3.97. The SMILES string of the molecule is C=C[C@@H]1C[C@]1(CC(=O)[C@@H]1C[C@@H]2CN1C(=O)[C@H](C(C)(C)C)CC(=O)O[C@@H]1CC1CCCCCc1c(nc3ccccc3c1OCCCN1CC(F)C1)O2)C(=O)NS(=O)(=O)C1(C)CC1. The molecule has 7 atom stereocenters. The number of carbonyl (C=O) groups excluding carboxylic acids is 4. The lowest BCUT2D eigenvalue weighted by atomic mass is 9.77. The van der Waals surface area contributed by atoms with Gasteiger partial charge in [0.15, 0.2) is 5.78 Å². The van der Waals surface area contributed by atoms with E-state index in [0.717, 1.165) is 49.6 Å². The summed E-state index contributed by atoms with van der Waals surface area (Å²) >= 11 is 0. The third kappa shape index (κ3) is 9.25. The van der Waals surface area contributed by atoms with Crippen molar-refractivity contribution in [1.29, 1.82) is 0 Å². The molecular weight excluding hydrogens is 816 g/mol. The van der Waals surface area contributed by atoms with Crippen LogP contribution >= 0.6 is 0 Å². The summed E-state index contributed by atoms with van der Waals surface area (Å²) in [6.07, 6.45) is 6.47. The van der Waals surface area contributed by atoms with E-state index in [9.17, 15) is 32.0 Å². The smallest absolute Gasteiger partial charge is 0.306 e. The van der Waals surface area contributed by atoms with Crippen LogP contribution < -0.4 is 14.2 Å². The zero-order valence-corrected chi connectivity index (χ0v) is 37.5. The lowest BCUT2D eigenvalue weighted by molar-refractivity contribution is -0.154. The molecule has 6 aliphatic rings. The van der Waals surface area contributed by atoms with E-state index in [4.69, 9.17) is 19.2 Å². The minimum absolute atomic E-state index is 0.0217. The molecule has 0 radical (unpaired) electrons. The molecule has 3 saturated carbocycles. The molecule has 5 fully saturated rings. The van der Waals surface area contributed by atoms with Gasteiger partial charge >= 0.3 is 5.97 Å². The molecule has 2 amide bonds. The highest BCUT2D eigenvalue weighted by Gasteiger charge is 2.62. The number of hydrogen-bond donors (Lipinski definition) is 1. The first-order valence-corrected chi connectivity index (χ1v) is 24.2. The van der Waals surface area contributed by atoms with Gasteiger partial charge in [-0.05, 0) is 87.7 Å². The predicted molar refractivity (Wildman–Crippen MR) is 231 cm³/mol. The van der Waals surface area contributed by atoms with Crippen molar-refractivity contribution in [3.05, 3.63) is 42.5 Å². The van der Waals surface area contributed by atoms with Crippen LogP contribution in [0.15, 0.2) is 36.9 Å². The summed E-state index contributed by atoms with van der Waals surface area (Å²) in [5.74, 6) is -1.88. The van der Waals surface area contributed by atoms with Crippen LogP contribution in [0.4, 0.5) is 4.39 Å². The third-order valence-corrected chi connectivity index (χ3v) is 16.6. The minimum Gasteiger partial charge on any atom is -0.492 e. The van der Waals surface area contributed by atoms with E-state index in [-0.39, 0.29) is 50.2 Å². The van der Waals surface area contributed by atoms with Crippen LogP contribution in [0.3, 0.4) is 0 Å². The van der Waals surface area contributed by atoms with Crippen molar-refractivity contribution < 1.29 is 46.2 Å². The van der Waals surface area contributed by atoms with Crippen LogP contribution in [-0.4, -0.2) is 109 Å². The number of pyridine rings is 1. The predicted octanol–water partition coefficient (Wildman–Crippen LogP) is 6.26. The largest absolute Gasteiger partial charge is 0.492 e. The Balaban J connectivity index is 1.12. The standard InChI is InChI=1S/C47H63FN4O9S/c1-6-30-24-47(30,44(56)50-62(57,58)46(5)17-18-46)25-38(53)37-22-32-28-52(37)43(55)35(45(2,3)4)23-40(54)61-39-21-29(39)13-8-7-9-15-34-41(59-20-12-19-51-26-31(48)27-51)33-14-10-11-16-36(33)49-42(34)60-32/h6,10-11,14,16,29-32,35,37,39H,1,7-9,12-13,15,17-28H2,2-5H3,(H,50,56)/t29?,30-,32-,35-,37+,39-,47-/m1/s1. The maximum Gasteiger partial charge on any atom is 0.306 e. The number of nitrogens with one attached hydrogen (secondary N) is 1. The zero-order chi connectivity index (χ0) is 44.2. The second-order valence-electron chi connectivity index (χ2n) is 20.3. The maximum absolute atomic E-state index is 14.9. The fraction of sp³-hybridized carbons (Fsp3) is 0.681. The Hall–Kier alpha value is -4.11. The second kappa shape index (κ2) is 17.1. The Morgan fingerprint density at radius 1 is 1.08 bits per heavy atom. The lowest BCUT2D eigenvalue weighted by Crippen LogP contribution is -2.49. The van der Waals surface area contributed by atoms with Gasteiger partial charge in [-0.3, -0.25) is 28.8 Å². The van der Waals surface area contributed by atoms with Gasteiger partial charge < -0.3 is 19.1 Å². The van der Waals surface area contributed by atoms with Gasteiger partial charge in [0, 0.05) is 37.9 Å². The molecule has 62 heavy (non-hydrogen) atoms. The molecule has 2 saturated heterocycles. The number of nitrogens with zero attached hydrogens (tertiary/aromatic N) is 3. The summed E-state index contributed by atoms with van der Waals surface area (Å²) in [5.41, 5.74) is -0.534. The van der Waals surface area contributed by atoms with Crippen molar-refractivity contribution in [2.75, 3.05) is 32.8 Å². The number of carbonyl (C=O) groups is 4. The van der Waals surface area contributed by atoms with E-state index in [1.54, 1.807) is 13.0 Å². The van der Waals surface area contributed by atoms with E-state index in [2.05, 4.69) is 16.2 Å². The number of benzene rings is 1. The van der Waals surface area contributed by atoms with Gasteiger partial charge in [-0.15, -0.1) is 6.58 Å². The summed E-state index contributed by atoms with van der Waals surface area (Å²) in [5, 5.41) is 0.846. The average Bonchev–Trinajstić information content (AvgIpc) is 4.16. The molecule has 0 spiro atoms. The van der Waals surface area contributed by atoms with Crippen molar-refractivity contribution in [3.63, 3.8) is 0 Å². The number of ketones is 1. The van der Waals surface area contributed by atoms with E-state index in [0.29, 0.717) is 62.5 Å². The summed E-state index contributed by atoms with van der Waals surface area (Å²) in [4.78, 5) is 65.6. The van der Waals surface area contributed by atoms with E-state index in [1.807, 2.05) is 45.0 Å². The molecule has 1 N–H and O–H groups in total. The van der Waals surface area contributed by atoms with Gasteiger partial charge in [-0.25, -0.2) is 17.8 Å². The van der Waals surface area contributed by atoms with E-state index < -0.39 is 73.4 Å². The van der Waals surface area contributed by atoms with Gasteiger partial charge in [-0.1, -0.05) is 51.8 Å². The van der Waals surface area contributed by atoms with Crippen molar-refractivity contribution >= 4 is 44.5 Å². The Labute approximate surface area is 364 Å². The van der Waals surface area contributed by atoms with Crippen molar-refractivity contribution in [1.82, 2.24) is 19.5 Å². The molecule has 3 aliphatic carbocycles. The summed E-state index contributed by atoms with van der Waals surface area (Å²) < 4.78 is 60.6. The molecule has 2 aromatic rings. The van der Waals surface area contributed by atoms with Gasteiger partial charge in [0.1, 0.15) is 24.1 Å². The number of amides is 2. The van der Waals surface area contributed by atoms with Crippen molar-refractivity contribution in [3.8, 4) is 11.6 Å². The maximum atomic E-state index is 14.9. The molecule has 15 heteroatoms. The Morgan fingerprint density at radius 2 is 1.84 bits per heavy atom. The molecule has 1 aromatic carbocycles. The highest BCUT2D eigenvalue weighted by molar-refractivity contribution is 7.91. The highest BCUT2D eigenvalue weighted by Crippen LogP contribution is 2.57. The van der Waals surface area contributed by atoms with E-state index >= 15 is 0 Å². The fourth-order valence-electron chi connectivity index (χ4n) is 9.73. The molecule has 13 nitrogen and oxygen atoms in total. The molecule has 2 bridgehead atoms. The number of alkyl halides is 1. The number of allylic oxidation sites excluding steroid dienone is 1. The number of esters is 1. The Bertz CT molecular complexity index is 2200. The number of likely N-dealkylation sites (tertiary alicyclic amines) is 1. The normalized spacial score (nSPS) is 30.4. The number of halogens is 1. The lowest BCUT2D eigenvalue weighted by Gasteiger charge is -2.34. The van der Waals surface area contributed by atoms with Crippen LogP contribution in [-0.2, 0) is 40.4 Å². The molecule has 1 unspecified atom stereocenters. The van der Waals surface area contributed by atoms with E-state index in [1.165, 1.54) is 4.90 Å². The number of Topliss-reactive ketones (excluding diaryl/α,β-unsaturated/α-hetero) is 1. The van der Waals surface area contributed by atoms with Crippen LogP contribution in [0.2, 0.25) is 0 Å². The van der Waals surface area contributed by atoms with Crippen LogP contribution in [0.1, 0.15) is 110 Å². The molecule has 338 valence electrons. The molecule has 8 rings (SSSR count). The van der Waals surface area contributed by atoms with Crippen molar-refractivity contribution in [2.45, 2.75) is 140 Å². The highest BCUT2D eigenvalue weighted by atomic mass is 32.2. The number of rotatable bonds is 12. The number of ether oxygens (including phenoxy) is 3. The summed E-state index contributed by atoms with van der Waals surface area (Å²) in [6.45, 7) is 13.2. The Morgan fingerprint density at radius 3 is 2.53 bits per heavy atom. The van der Waals surface area contributed by atoms with Crippen LogP contribution in [0.5, 0.6) is 11.6 Å². The van der Waals surface area contributed by atoms with Crippen LogP contribution in [0.25, 0.3) is 10.9 Å². The van der Waals surface area contributed by atoms with Gasteiger partial charge in [0.25, 0.3) is 0 Å². The molecule has 4 heterocycles. The average molecular weight is 879 g/mol. The molecule has 1 aromatic heterocycles. The molecular formula is C47H63FN4O9S. The third-order valence-electron chi connectivity index (χ3n) is 14.4. The monoisotopic (exact) mass is 878 g/mol. The number of para-hydroxylation sites is 1. The number of sulfonamides is 1. The first-order valence-electron chi connectivity index (χ1n) is 22.7. The van der Waals surface area contributed by atoms with Gasteiger partial charge in [0.05, 0.1) is 52.8 Å². The topological polar surface area (TPSA) is 162 Å². The summed E-state index contributed by atoms with van der Waals surface area (Å²) in [7, 11) is -3.97. The Kier molecular flexibility index (Phi) is 12.3. The van der Waals surface area contributed by atoms with Crippen LogP contribution in [0, 0.1) is 28.6 Å². The van der Waals surface area contributed by atoms with Gasteiger partial charge in [-0.2, -0.15) is 0 Å². The number of fused-ring (bicyclic) bond motifs is 5. The number of hydrogen-bond acceptors (Lipinski definition) is 11. The first kappa shape index (κ1) is 44.5. The zero-order valence-electron chi connectivity index (χ0n) is 36.7. The molecule has 3 aliphatic heterocycles. The van der Waals surface area contributed by atoms with Gasteiger partial charge in [0.2, 0.25) is 27.7 Å². The summed E-state index contributed by atoms with van der Waals surface area (Å²) in [6, 6.07) is 6.69. The first-order chi connectivity index (χ1) is 29.4. The fourth-order valence-corrected chi connectivity index (χ4v) is 11.1. The van der Waals surface area contributed by atoms with Crippen molar-refractivity contribution in [2.24, 2.45) is 28.6 Å².